The van der Waals surface area contributed by atoms with Crippen molar-refractivity contribution in [3.05, 3.63) is 0 Å². The number of piperidine rings is 2. The van der Waals surface area contributed by atoms with Crippen LogP contribution in [0.1, 0.15) is 32.1 Å². The first kappa shape index (κ1) is 13.7. The highest BCUT2D eigenvalue weighted by Crippen LogP contribution is 2.20. The van der Waals surface area contributed by atoms with Crippen LogP contribution in [0.5, 0.6) is 0 Å². The van der Waals surface area contributed by atoms with Crippen molar-refractivity contribution in [2.45, 2.75) is 32.1 Å². The Balaban J connectivity index is 1.71. The molecule has 0 spiro atoms. The van der Waals surface area contributed by atoms with E-state index in [-0.39, 0.29) is 6.03 Å². The molecule has 2 saturated heterocycles. The van der Waals surface area contributed by atoms with E-state index in [2.05, 4.69) is 4.90 Å². The van der Waals surface area contributed by atoms with Crippen LogP contribution in [0.15, 0.2) is 0 Å². The average Bonchev–Trinajstić information content (AvgIpc) is 2.40. The summed E-state index contributed by atoms with van der Waals surface area (Å²) < 4.78 is 0. The number of rotatable bonds is 2. The molecule has 4 heteroatoms. The van der Waals surface area contributed by atoms with Gasteiger partial charge in [0, 0.05) is 33.7 Å². The third-order valence-electron chi connectivity index (χ3n) is 4.23. The Labute approximate surface area is 111 Å². The molecular formula is C14H27N3O. The predicted octanol–water partition coefficient (Wildman–Crippen LogP) is 1.87. The van der Waals surface area contributed by atoms with Crippen LogP contribution < -0.4 is 0 Å². The van der Waals surface area contributed by atoms with Crippen molar-refractivity contribution in [3.63, 3.8) is 0 Å². The molecule has 0 aromatic carbocycles. The van der Waals surface area contributed by atoms with Gasteiger partial charge in [-0.1, -0.05) is 6.42 Å². The lowest BCUT2D eigenvalue weighted by atomic mass is 9.95. The Kier molecular flexibility index (Phi) is 4.87. The van der Waals surface area contributed by atoms with Gasteiger partial charge in [0.05, 0.1) is 0 Å². The molecule has 0 aromatic heterocycles. The molecule has 2 heterocycles. The molecule has 4 nitrogen and oxygen atoms in total. The SMILES string of the molecule is CN(C)C(=O)N1CCC(CN2CCCCC2)CC1. The number of likely N-dealkylation sites (tertiary alicyclic amines) is 2. The first-order chi connectivity index (χ1) is 8.66. The molecular weight excluding hydrogens is 226 g/mol. The maximum absolute atomic E-state index is 11.8. The summed E-state index contributed by atoms with van der Waals surface area (Å²) in [6, 6.07) is 0.173. The quantitative estimate of drug-likeness (QED) is 0.751. The highest BCUT2D eigenvalue weighted by molar-refractivity contribution is 5.73. The van der Waals surface area contributed by atoms with E-state index in [1.54, 1.807) is 4.90 Å². The standard InChI is InChI=1S/C14H27N3O/c1-15(2)14(18)17-10-6-13(7-11-17)12-16-8-4-3-5-9-16/h13H,3-12H2,1-2H3. The van der Waals surface area contributed by atoms with Crippen molar-refractivity contribution >= 4 is 6.03 Å². The number of carbonyl (C=O) groups is 1. The third-order valence-corrected chi connectivity index (χ3v) is 4.23. The van der Waals surface area contributed by atoms with Gasteiger partial charge in [0.15, 0.2) is 0 Å². The van der Waals surface area contributed by atoms with Crippen molar-refractivity contribution in [1.82, 2.24) is 14.7 Å². The fraction of sp³-hybridized carbons (Fsp3) is 0.929. The molecule has 0 unspecified atom stereocenters. The third kappa shape index (κ3) is 3.61. The predicted molar refractivity (Wildman–Crippen MR) is 73.7 cm³/mol. The number of carbonyl (C=O) groups excluding carboxylic acids is 1. The van der Waals surface area contributed by atoms with E-state index in [0.717, 1.165) is 19.0 Å². The molecule has 0 aromatic rings. The van der Waals surface area contributed by atoms with E-state index in [9.17, 15) is 4.79 Å². The fourth-order valence-corrected chi connectivity index (χ4v) is 3.10. The van der Waals surface area contributed by atoms with Crippen molar-refractivity contribution < 1.29 is 4.79 Å². The minimum Gasteiger partial charge on any atom is -0.331 e. The van der Waals surface area contributed by atoms with Crippen LogP contribution in [0.3, 0.4) is 0 Å². The number of amides is 2. The summed E-state index contributed by atoms with van der Waals surface area (Å²) >= 11 is 0. The van der Waals surface area contributed by atoms with E-state index in [0.29, 0.717) is 0 Å². The molecule has 104 valence electrons. The summed E-state index contributed by atoms with van der Waals surface area (Å²) in [7, 11) is 3.67. The van der Waals surface area contributed by atoms with Crippen LogP contribution in [-0.2, 0) is 0 Å². The van der Waals surface area contributed by atoms with Crippen LogP contribution in [0.2, 0.25) is 0 Å². The molecule has 2 rings (SSSR count). The Morgan fingerprint density at radius 2 is 1.67 bits per heavy atom. The van der Waals surface area contributed by atoms with Gasteiger partial charge in [-0.2, -0.15) is 0 Å². The van der Waals surface area contributed by atoms with Crippen LogP contribution in [0.4, 0.5) is 4.79 Å². The highest BCUT2D eigenvalue weighted by Gasteiger charge is 2.25. The molecule has 0 N–H and O–H groups in total. The zero-order valence-corrected chi connectivity index (χ0v) is 11.9. The van der Waals surface area contributed by atoms with Crippen LogP contribution in [-0.4, -0.2) is 67.5 Å². The minimum absolute atomic E-state index is 0.173. The van der Waals surface area contributed by atoms with Gasteiger partial charge in [-0.15, -0.1) is 0 Å². The van der Waals surface area contributed by atoms with Gasteiger partial charge in [-0.05, 0) is 44.7 Å². The Hall–Kier alpha value is -0.770. The molecule has 0 radical (unpaired) electrons. The number of hydrogen-bond acceptors (Lipinski definition) is 2. The summed E-state index contributed by atoms with van der Waals surface area (Å²) in [6.07, 6.45) is 6.51. The lowest BCUT2D eigenvalue weighted by Crippen LogP contribution is -2.46. The van der Waals surface area contributed by atoms with Gasteiger partial charge in [-0.25, -0.2) is 4.79 Å². The average molecular weight is 253 g/mol. The van der Waals surface area contributed by atoms with Crippen LogP contribution in [0, 0.1) is 5.92 Å². The fourth-order valence-electron chi connectivity index (χ4n) is 3.10. The van der Waals surface area contributed by atoms with E-state index in [1.165, 1.54) is 51.7 Å². The topological polar surface area (TPSA) is 26.8 Å². The molecule has 2 aliphatic rings. The molecule has 0 atom stereocenters. The normalized spacial score (nSPS) is 23.1. The first-order valence-corrected chi connectivity index (χ1v) is 7.35. The maximum Gasteiger partial charge on any atom is 0.319 e. The summed E-state index contributed by atoms with van der Waals surface area (Å²) in [4.78, 5) is 18.1. The van der Waals surface area contributed by atoms with Gasteiger partial charge in [0.2, 0.25) is 0 Å². The molecule has 0 aliphatic carbocycles. The molecule has 2 amide bonds. The second-order valence-corrected chi connectivity index (χ2v) is 5.97. The maximum atomic E-state index is 11.8. The van der Waals surface area contributed by atoms with Gasteiger partial charge in [0.1, 0.15) is 0 Å². The molecule has 0 saturated carbocycles. The van der Waals surface area contributed by atoms with Crippen molar-refractivity contribution in [1.29, 1.82) is 0 Å². The number of nitrogens with zero attached hydrogens (tertiary/aromatic N) is 3. The molecule has 18 heavy (non-hydrogen) atoms. The monoisotopic (exact) mass is 253 g/mol. The van der Waals surface area contributed by atoms with Crippen molar-refractivity contribution in [3.8, 4) is 0 Å². The molecule has 2 fully saturated rings. The first-order valence-electron chi connectivity index (χ1n) is 7.35. The summed E-state index contributed by atoms with van der Waals surface area (Å²) in [5.74, 6) is 0.800. The van der Waals surface area contributed by atoms with E-state index in [4.69, 9.17) is 0 Å². The Morgan fingerprint density at radius 3 is 2.22 bits per heavy atom. The Morgan fingerprint density at radius 1 is 1.06 bits per heavy atom. The van der Waals surface area contributed by atoms with Crippen molar-refractivity contribution in [2.24, 2.45) is 5.92 Å². The zero-order valence-electron chi connectivity index (χ0n) is 11.9. The van der Waals surface area contributed by atoms with E-state index in [1.807, 2.05) is 19.0 Å². The molecule has 0 bridgehead atoms. The number of urea groups is 1. The minimum atomic E-state index is 0.173. The summed E-state index contributed by atoms with van der Waals surface area (Å²) in [5, 5.41) is 0. The number of hydrogen-bond donors (Lipinski definition) is 0. The van der Waals surface area contributed by atoms with Gasteiger partial charge in [0.25, 0.3) is 0 Å². The van der Waals surface area contributed by atoms with E-state index < -0.39 is 0 Å². The molecule has 2 aliphatic heterocycles. The van der Waals surface area contributed by atoms with Crippen LogP contribution >= 0.6 is 0 Å². The van der Waals surface area contributed by atoms with Crippen LogP contribution in [0.25, 0.3) is 0 Å². The van der Waals surface area contributed by atoms with Gasteiger partial charge >= 0.3 is 6.03 Å². The van der Waals surface area contributed by atoms with Gasteiger partial charge < -0.3 is 14.7 Å². The van der Waals surface area contributed by atoms with Crippen molar-refractivity contribution in [2.75, 3.05) is 46.8 Å². The smallest absolute Gasteiger partial charge is 0.319 e. The van der Waals surface area contributed by atoms with Gasteiger partial charge in [-0.3, -0.25) is 0 Å². The zero-order chi connectivity index (χ0) is 13.0. The summed E-state index contributed by atoms with van der Waals surface area (Å²) in [5.41, 5.74) is 0. The lowest BCUT2D eigenvalue weighted by Gasteiger charge is -2.36. The second kappa shape index (κ2) is 6.41. The summed E-state index contributed by atoms with van der Waals surface area (Å²) in [6.45, 7) is 5.71. The highest BCUT2D eigenvalue weighted by atomic mass is 16.2. The lowest BCUT2D eigenvalue weighted by molar-refractivity contribution is 0.125. The largest absolute Gasteiger partial charge is 0.331 e. The Bertz CT molecular complexity index is 266. The van der Waals surface area contributed by atoms with E-state index >= 15 is 0 Å². The second-order valence-electron chi connectivity index (χ2n) is 5.97.